The Balaban J connectivity index is 2.81. The first-order valence-corrected chi connectivity index (χ1v) is 5.74. The van der Waals surface area contributed by atoms with Gasteiger partial charge < -0.3 is 10.1 Å². The fourth-order valence-corrected chi connectivity index (χ4v) is 2.01. The molecule has 1 N–H and O–H groups in total. The summed E-state index contributed by atoms with van der Waals surface area (Å²) in [6, 6.07) is 3.45. The largest absolute Gasteiger partial charge is 0.495 e. The first kappa shape index (κ1) is 13.7. The van der Waals surface area contributed by atoms with Gasteiger partial charge in [0.25, 0.3) is 0 Å². The van der Waals surface area contributed by atoms with Gasteiger partial charge in [-0.25, -0.2) is 0 Å². The summed E-state index contributed by atoms with van der Waals surface area (Å²) >= 11 is 17.5. The fourth-order valence-electron chi connectivity index (χ4n) is 1.31. The molecule has 0 spiro atoms. The van der Waals surface area contributed by atoms with E-state index in [0.29, 0.717) is 33.9 Å². The highest BCUT2D eigenvalue weighted by Gasteiger charge is 2.09. The molecular weight excluding hydrogens is 268 g/mol. The molecule has 1 aromatic rings. The highest BCUT2D eigenvalue weighted by atomic mass is 35.5. The van der Waals surface area contributed by atoms with Crippen LogP contribution < -0.4 is 10.1 Å². The molecule has 1 aromatic carbocycles. The van der Waals surface area contributed by atoms with Crippen LogP contribution in [0.1, 0.15) is 5.56 Å². The lowest BCUT2D eigenvalue weighted by molar-refractivity contribution is 0.408. The van der Waals surface area contributed by atoms with E-state index >= 15 is 0 Å². The second-order valence-electron chi connectivity index (χ2n) is 3.20. The Labute approximate surface area is 110 Å². The number of hydrogen-bond donors (Lipinski definition) is 1. The molecule has 1 rings (SSSR count). The Morgan fingerprint density at radius 3 is 2.69 bits per heavy atom. The van der Waals surface area contributed by atoms with E-state index in [9.17, 15) is 0 Å². The van der Waals surface area contributed by atoms with Crippen molar-refractivity contribution in [2.75, 3.05) is 13.7 Å². The maximum atomic E-state index is 6.00. The molecule has 0 aliphatic heterocycles. The van der Waals surface area contributed by atoms with Crippen LogP contribution in [0.4, 0.5) is 0 Å². The van der Waals surface area contributed by atoms with Crippen molar-refractivity contribution in [2.24, 2.45) is 0 Å². The Morgan fingerprint density at radius 1 is 1.44 bits per heavy atom. The third-order valence-corrected chi connectivity index (χ3v) is 2.55. The molecule has 88 valence electrons. The Morgan fingerprint density at radius 2 is 2.12 bits per heavy atom. The molecule has 0 fully saturated rings. The third kappa shape index (κ3) is 3.87. The number of rotatable bonds is 5. The van der Waals surface area contributed by atoms with Gasteiger partial charge in [0.05, 0.1) is 12.1 Å². The zero-order chi connectivity index (χ0) is 12.1. The summed E-state index contributed by atoms with van der Waals surface area (Å²) in [5.74, 6) is 0.624. The average Bonchev–Trinajstić information content (AvgIpc) is 2.16. The topological polar surface area (TPSA) is 21.3 Å². The molecule has 0 radical (unpaired) electrons. The SMILES string of the molecule is C=C(Cl)CNCc1cc(Cl)cc(Cl)c1OC. The van der Waals surface area contributed by atoms with Crippen molar-refractivity contribution in [2.45, 2.75) is 6.54 Å². The second kappa shape index (κ2) is 6.36. The van der Waals surface area contributed by atoms with E-state index in [1.54, 1.807) is 19.2 Å². The maximum absolute atomic E-state index is 6.00. The Hall–Kier alpha value is -0.410. The van der Waals surface area contributed by atoms with Crippen molar-refractivity contribution < 1.29 is 4.74 Å². The van der Waals surface area contributed by atoms with Crippen LogP contribution in [-0.4, -0.2) is 13.7 Å². The summed E-state index contributed by atoms with van der Waals surface area (Å²) in [6.07, 6.45) is 0. The van der Waals surface area contributed by atoms with Crippen LogP contribution in [0.2, 0.25) is 10.0 Å². The van der Waals surface area contributed by atoms with E-state index in [1.165, 1.54) is 0 Å². The van der Waals surface area contributed by atoms with Gasteiger partial charge in [-0.15, -0.1) is 0 Å². The van der Waals surface area contributed by atoms with Gasteiger partial charge in [-0.3, -0.25) is 0 Å². The van der Waals surface area contributed by atoms with Crippen molar-refractivity contribution in [3.05, 3.63) is 39.4 Å². The summed E-state index contributed by atoms with van der Waals surface area (Å²) < 4.78 is 5.20. The molecule has 5 heteroatoms. The van der Waals surface area contributed by atoms with Crippen LogP contribution in [0.25, 0.3) is 0 Å². The molecule has 2 nitrogen and oxygen atoms in total. The molecular formula is C11H12Cl3NO. The van der Waals surface area contributed by atoms with Crippen molar-refractivity contribution in [1.29, 1.82) is 0 Å². The van der Waals surface area contributed by atoms with Gasteiger partial charge in [0.15, 0.2) is 0 Å². The van der Waals surface area contributed by atoms with E-state index in [1.807, 2.05) is 0 Å². The minimum Gasteiger partial charge on any atom is -0.495 e. The van der Waals surface area contributed by atoms with E-state index < -0.39 is 0 Å². The lowest BCUT2D eigenvalue weighted by Gasteiger charge is -2.11. The summed E-state index contributed by atoms with van der Waals surface area (Å²) in [7, 11) is 1.57. The quantitative estimate of drug-likeness (QED) is 0.885. The van der Waals surface area contributed by atoms with Gasteiger partial charge in [-0.1, -0.05) is 41.4 Å². The molecule has 0 atom stereocenters. The molecule has 0 aliphatic rings. The number of methoxy groups -OCH3 is 1. The second-order valence-corrected chi connectivity index (χ2v) is 4.58. The monoisotopic (exact) mass is 279 g/mol. The van der Waals surface area contributed by atoms with Gasteiger partial charge in [0.1, 0.15) is 5.75 Å². The molecule has 0 heterocycles. The van der Waals surface area contributed by atoms with Crippen LogP contribution in [0.3, 0.4) is 0 Å². The third-order valence-electron chi connectivity index (χ3n) is 1.92. The summed E-state index contributed by atoms with van der Waals surface area (Å²) in [5.41, 5.74) is 0.887. The van der Waals surface area contributed by atoms with E-state index in [4.69, 9.17) is 39.5 Å². The number of hydrogen-bond acceptors (Lipinski definition) is 2. The van der Waals surface area contributed by atoms with Crippen LogP contribution >= 0.6 is 34.8 Å². The van der Waals surface area contributed by atoms with Gasteiger partial charge in [0, 0.05) is 28.7 Å². The summed E-state index contributed by atoms with van der Waals surface area (Å²) in [6.45, 7) is 4.67. The minimum absolute atomic E-state index is 0.497. The van der Waals surface area contributed by atoms with Crippen molar-refractivity contribution in [1.82, 2.24) is 5.32 Å². The zero-order valence-electron chi connectivity index (χ0n) is 8.82. The maximum Gasteiger partial charge on any atom is 0.142 e. The fraction of sp³-hybridized carbons (Fsp3) is 0.273. The Bertz CT molecular complexity index is 393. The lowest BCUT2D eigenvalue weighted by Crippen LogP contribution is -2.15. The minimum atomic E-state index is 0.497. The predicted molar refractivity (Wildman–Crippen MR) is 69.7 cm³/mol. The smallest absolute Gasteiger partial charge is 0.142 e. The van der Waals surface area contributed by atoms with Crippen molar-refractivity contribution in [3.63, 3.8) is 0 Å². The number of benzene rings is 1. The molecule has 0 aliphatic carbocycles. The van der Waals surface area contributed by atoms with Gasteiger partial charge in [-0.2, -0.15) is 0 Å². The normalized spacial score (nSPS) is 10.2. The summed E-state index contributed by atoms with van der Waals surface area (Å²) in [4.78, 5) is 0. The number of ether oxygens (including phenoxy) is 1. The van der Waals surface area contributed by atoms with Crippen molar-refractivity contribution >= 4 is 34.8 Å². The van der Waals surface area contributed by atoms with Crippen LogP contribution in [0, 0.1) is 0 Å². The number of halogens is 3. The van der Waals surface area contributed by atoms with Crippen molar-refractivity contribution in [3.8, 4) is 5.75 Å². The van der Waals surface area contributed by atoms with Crippen LogP contribution in [0.5, 0.6) is 5.75 Å². The number of nitrogens with one attached hydrogen (secondary N) is 1. The summed E-state index contributed by atoms with van der Waals surface area (Å²) in [5, 5.41) is 4.72. The van der Waals surface area contributed by atoms with E-state index in [-0.39, 0.29) is 0 Å². The first-order valence-electron chi connectivity index (χ1n) is 4.60. The van der Waals surface area contributed by atoms with Crippen LogP contribution in [-0.2, 0) is 6.54 Å². The highest BCUT2D eigenvalue weighted by Crippen LogP contribution is 2.32. The molecule has 0 aromatic heterocycles. The first-order chi connectivity index (χ1) is 7.54. The zero-order valence-corrected chi connectivity index (χ0v) is 11.1. The molecule has 16 heavy (non-hydrogen) atoms. The molecule has 0 unspecified atom stereocenters. The van der Waals surface area contributed by atoms with Gasteiger partial charge in [0.2, 0.25) is 0 Å². The molecule has 0 saturated carbocycles. The molecule has 0 bridgehead atoms. The van der Waals surface area contributed by atoms with Gasteiger partial charge >= 0.3 is 0 Å². The lowest BCUT2D eigenvalue weighted by atomic mass is 10.2. The van der Waals surface area contributed by atoms with E-state index in [2.05, 4.69) is 11.9 Å². The molecule has 0 amide bonds. The standard InChI is InChI=1S/C11H12Cl3NO/c1-7(12)5-15-6-8-3-9(13)4-10(14)11(8)16-2/h3-4,15H,1,5-6H2,2H3. The average molecular weight is 281 g/mol. The molecule has 0 saturated heterocycles. The van der Waals surface area contributed by atoms with E-state index in [0.717, 1.165) is 5.56 Å². The Kier molecular flexibility index (Phi) is 5.42. The highest BCUT2D eigenvalue weighted by molar-refractivity contribution is 6.35. The predicted octanol–water partition coefficient (Wildman–Crippen LogP) is 3.84. The van der Waals surface area contributed by atoms with Gasteiger partial charge in [-0.05, 0) is 12.1 Å². The van der Waals surface area contributed by atoms with Crippen LogP contribution in [0.15, 0.2) is 23.7 Å².